The molecule has 2 aromatic heterocycles. The van der Waals surface area contributed by atoms with Gasteiger partial charge in [0.25, 0.3) is 0 Å². The number of anilines is 1. The van der Waals surface area contributed by atoms with E-state index in [0.29, 0.717) is 17.1 Å². The molecule has 0 spiro atoms. The Morgan fingerprint density at radius 1 is 1.18 bits per heavy atom. The summed E-state index contributed by atoms with van der Waals surface area (Å²) in [6.07, 6.45) is 6.81. The third-order valence-electron chi connectivity index (χ3n) is 7.61. The fraction of sp³-hybridized carbons (Fsp3) is 0.444. The molecule has 1 N–H and O–H groups in total. The molecule has 200 valence electrons. The predicted octanol–water partition coefficient (Wildman–Crippen LogP) is 6.28. The van der Waals surface area contributed by atoms with Crippen LogP contribution in [-0.2, 0) is 11.3 Å². The summed E-state index contributed by atoms with van der Waals surface area (Å²) in [6.45, 7) is -2.69. The Labute approximate surface area is 222 Å². The fourth-order valence-corrected chi connectivity index (χ4v) is 5.99. The number of para-hydroxylation sites is 1. The summed E-state index contributed by atoms with van der Waals surface area (Å²) in [4.78, 5) is 17.9. The van der Waals surface area contributed by atoms with Crippen molar-refractivity contribution in [2.45, 2.75) is 75.8 Å². The summed E-state index contributed by atoms with van der Waals surface area (Å²) in [6, 6.07) is 8.60. The van der Waals surface area contributed by atoms with Crippen molar-refractivity contribution in [3.63, 3.8) is 0 Å². The van der Waals surface area contributed by atoms with E-state index in [1.165, 1.54) is 12.3 Å². The Kier molecular flexibility index (Phi) is 6.69. The average molecular weight is 546 g/mol. The summed E-state index contributed by atoms with van der Waals surface area (Å²) in [5.74, 6) is 0.640. The van der Waals surface area contributed by atoms with Crippen LogP contribution in [0, 0.1) is 0 Å². The molecule has 2 saturated heterocycles. The lowest BCUT2D eigenvalue weighted by atomic mass is 9.99. The van der Waals surface area contributed by atoms with Crippen LogP contribution in [0.3, 0.4) is 0 Å². The number of aromatic carboxylic acids is 1. The van der Waals surface area contributed by atoms with Crippen LogP contribution in [0.15, 0.2) is 41.1 Å². The Bertz CT molecular complexity index is 1330. The standard InChI is InChI=1S/C27H26ClF2N3O5/c28-21-11-23(31-12-19(21)26(34)35)33-15-7-8-16(33)10-17(9-15)36-13-20-24(32-38-25(20)14-5-6-14)18-3-1-2-4-22(18)37-27(29)30/h1-4,11-12,14-17,27H,5-10,13H2,(H,34,35)/t15-,16+,17-. The zero-order valence-corrected chi connectivity index (χ0v) is 21.1. The molecule has 3 atom stereocenters. The van der Waals surface area contributed by atoms with Gasteiger partial charge in [0.2, 0.25) is 0 Å². The van der Waals surface area contributed by atoms with Crippen molar-refractivity contribution in [2.24, 2.45) is 0 Å². The number of pyridine rings is 1. The van der Waals surface area contributed by atoms with Crippen molar-refractivity contribution in [1.29, 1.82) is 0 Å². The van der Waals surface area contributed by atoms with E-state index in [-0.39, 0.29) is 47.0 Å². The highest BCUT2D eigenvalue weighted by molar-refractivity contribution is 6.33. The van der Waals surface area contributed by atoms with Crippen LogP contribution in [0.25, 0.3) is 11.3 Å². The van der Waals surface area contributed by atoms with Gasteiger partial charge in [-0.3, -0.25) is 0 Å². The highest BCUT2D eigenvalue weighted by Crippen LogP contribution is 2.46. The number of ether oxygens (including phenoxy) is 2. The van der Waals surface area contributed by atoms with Gasteiger partial charge in [-0.2, -0.15) is 8.78 Å². The van der Waals surface area contributed by atoms with Crippen LogP contribution < -0.4 is 9.64 Å². The molecule has 0 unspecified atom stereocenters. The van der Waals surface area contributed by atoms with E-state index in [0.717, 1.165) is 49.8 Å². The lowest BCUT2D eigenvalue weighted by Gasteiger charge is -2.39. The second-order valence-electron chi connectivity index (χ2n) is 10.0. The van der Waals surface area contributed by atoms with Gasteiger partial charge in [-0.1, -0.05) is 28.9 Å². The highest BCUT2D eigenvalue weighted by atomic mass is 35.5. The molecule has 3 aliphatic rings. The van der Waals surface area contributed by atoms with Gasteiger partial charge in [-0.25, -0.2) is 9.78 Å². The van der Waals surface area contributed by atoms with Crippen LogP contribution >= 0.6 is 11.6 Å². The van der Waals surface area contributed by atoms with E-state index in [1.807, 2.05) is 0 Å². The van der Waals surface area contributed by atoms with E-state index in [9.17, 15) is 18.7 Å². The van der Waals surface area contributed by atoms with E-state index >= 15 is 0 Å². The molecule has 1 aromatic carbocycles. The molecule has 4 heterocycles. The lowest BCUT2D eigenvalue weighted by molar-refractivity contribution is -0.0494. The molecule has 3 fully saturated rings. The number of benzene rings is 1. The second-order valence-corrected chi connectivity index (χ2v) is 10.5. The molecule has 0 amide bonds. The van der Waals surface area contributed by atoms with Gasteiger partial charge in [0.05, 0.1) is 23.3 Å². The molecule has 2 aliphatic heterocycles. The van der Waals surface area contributed by atoms with Gasteiger partial charge >= 0.3 is 12.6 Å². The Morgan fingerprint density at radius 3 is 2.58 bits per heavy atom. The van der Waals surface area contributed by atoms with Gasteiger partial charge in [0, 0.05) is 41.4 Å². The maximum Gasteiger partial charge on any atom is 0.387 e. The van der Waals surface area contributed by atoms with E-state index < -0.39 is 12.6 Å². The van der Waals surface area contributed by atoms with Crippen molar-refractivity contribution in [2.75, 3.05) is 4.90 Å². The average Bonchev–Trinajstić information content (AvgIpc) is 3.58. The largest absolute Gasteiger partial charge is 0.478 e. The number of hydrogen-bond donors (Lipinski definition) is 1. The van der Waals surface area contributed by atoms with Crippen LogP contribution in [0.2, 0.25) is 5.02 Å². The molecule has 3 aromatic rings. The molecular formula is C27H26ClF2N3O5. The number of hydrogen-bond acceptors (Lipinski definition) is 7. The third-order valence-corrected chi connectivity index (χ3v) is 7.92. The zero-order chi connectivity index (χ0) is 26.4. The minimum atomic E-state index is -2.95. The monoisotopic (exact) mass is 545 g/mol. The van der Waals surface area contributed by atoms with Crippen molar-refractivity contribution in [1.82, 2.24) is 10.1 Å². The molecule has 11 heteroatoms. The Balaban J connectivity index is 1.19. The quantitative estimate of drug-likeness (QED) is 0.335. The van der Waals surface area contributed by atoms with Crippen molar-refractivity contribution in [3.05, 3.63) is 58.4 Å². The summed E-state index contributed by atoms with van der Waals surface area (Å²) in [7, 11) is 0. The minimum absolute atomic E-state index is 0.0140. The SMILES string of the molecule is O=C(O)c1cnc(N2[C@@H]3CC[C@H]2C[C@H](OCc2c(-c4ccccc4OC(F)F)noc2C2CC2)C3)cc1Cl. The molecule has 2 bridgehead atoms. The highest BCUT2D eigenvalue weighted by Gasteiger charge is 2.42. The van der Waals surface area contributed by atoms with E-state index in [2.05, 4.69) is 15.0 Å². The number of halogens is 3. The number of fused-ring (bicyclic) bond motifs is 2. The van der Waals surface area contributed by atoms with Crippen molar-refractivity contribution < 1.29 is 32.7 Å². The van der Waals surface area contributed by atoms with Crippen LogP contribution in [-0.4, -0.2) is 46.0 Å². The maximum absolute atomic E-state index is 13.0. The Morgan fingerprint density at radius 2 is 1.92 bits per heavy atom. The summed E-state index contributed by atoms with van der Waals surface area (Å²) in [5.41, 5.74) is 1.69. The Hall–Kier alpha value is -3.24. The lowest BCUT2D eigenvalue weighted by Crippen LogP contribution is -2.46. The summed E-state index contributed by atoms with van der Waals surface area (Å²) in [5, 5.41) is 13.7. The predicted molar refractivity (Wildman–Crippen MR) is 134 cm³/mol. The zero-order valence-electron chi connectivity index (χ0n) is 20.4. The normalized spacial score (nSPS) is 22.7. The number of alkyl halides is 2. The maximum atomic E-state index is 13.0. The number of carboxylic acid groups (broad SMARTS) is 1. The van der Waals surface area contributed by atoms with Crippen LogP contribution in [0.4, 0.5) is 14.6 Å². The first-order chi connectivity index (χ1) is 18.4. The van der Waals surface area contributed by atoms with E-state index in [1.54, 1.807) is 24.3 Å². The first-order valence-electron chi connectivity index (χ1n) is 12.7. The van der Waals surface area contributed by atoms with Gasteiger partial charge < -0.3 is 24.0 Å². The van der Waals surface area contributed by atoms with Gasteiger partial charge in [0.15, 0.2) is 0 Å². The van der Waals surface area contributed by atoms with E-state index in [4.69, 9.17) is 25.6 Å². The number of aromatic nitrogens is 2. The number of nitrogens with zero attached hydrogens (tertiary/aromatic N) is 3. The molecule has 1 aliphatic carbocycles. The number of piperidine rings is 1. The van der Waals surface area contributed by atoms with Crippen molar-refractivity contribution >= 4 is 23.4 Å². The topological polar surface area (TPSA) is 97.9 Å². The first kappa shape index (κ1) is 25.1. The number of rotatable bonds is 9. The molecule has 38 heavy (non-hydrogen) atoms. The molecule has 0 radical (unpaired) electrons. The van der Waals surface area contributed by atoms with Gasteiger partial charge in [-0.15, -0.1) is 0 Å². The minimum Gasteiger partial charge on any atom is -0.478 e. The van der Waals surface area contributed by atoms with Crippen LogP contribution in [0.1, 0.15) is 66.1 Å². The van der Waals surface area contributed by atoms with Gasteiger partial charge in [0.1, 0.15) is 23.0 Å². The molecular weight excluding hydrogens is 520 g/mol. The fourth-order valence-electron chi connectivity index (χ4n) is 5.76. The summed E-state index contributed by atoms with van der Waals surface area (Å²) < 4.78 is 42.9. The van der Waals surface area contributed by atoms with Crippen LogP contribution in [0.5, 0.6) is 5.75 Å². The van der Waals surface area contributed by atoms with Crippen molar-refractivity contribution in [3.8, 4) is 17.0 Å². The van der Waals surface area contributed by atoms with Gasteiger partial charge in [-0.05, 0) is 50.7 Å². The number of carbonyl (C=O) groups is 1. The molecule has 8 nitrogen and oxygen atoms in total. The summed E-state index contributed by atoms with van der Waals surface area (Å²) >= 11 is 6.21. The molecule has 1 saturated carbocycles. The number of carboxylic acids is 1. The second kappa shape index (κ2) is 10.1. The first-order valence-corrected chi connectivity index (χ1v) is 13.1. The smallest absolute Gasteiger partial charge is 0.387 e. The third kappa shape index (κ3) is 4.82. The molecule has 6 rings (SSSR count).